The van der Waals surface area contributed by atoms with E-state index in [4.69, 9.17) is 4.74 Å². The zero-order chi connectivity index (χ0) is 9.19. The van der Waals surface area contributed by atoms with Crippen LogP contribution >= 0.6 is 0 Å². The van der Waals surface area contributed by atoms with Gasteiger partial charge in [0.05, 0.1) is 17.8 Å². The lowest BCUT2D eigenvalue weighted by molar-refractivity contribution is 0.169. The van der Waals surface area contributed by atoms with E-state index in [2.05, 4.69) is 25.9 Å². The Bertz CT molecular complexity index is 247. The van der Waals surface area contributed by atoms with Crippen molar-refractivity contribution in [3.63, 3.8) is 0 Å². The molecule has 12 heavy (non-hydrogen) atoms. The molecule has 0 bridgehead atoms. The van der Waals surface area contributed by atoms with Gasteiger partial charge in [-0.1, -0.05) is 0 Å². The predicted molar refractivity (Wildman–Crippen MR) is 47.9 cm³/mol. The molecule has 1 aromatic heterocycles. The van der Waals surface area contributed by atoms with Gasteiger partial charge in [-0.25, -0.2) is 0 Å². The maximum absolute atomic E-state index is 5.06. The summed E-state index contributed by atoms with van der Waals surface area (Å²) in [5, 5.41) is 4.24. The van der Waals surface area contributed by atoms with Crippen molar-refractivity contribution < 1.29 is 4.74 Å². The lowest BCUT2D eigenvalue weighted by atomic mass is 10.1. The van der Waals surface area contributed by atoms with Gasteiger partial charge in [0.15, 0.2) is 0 Å². The lowest BCUT2D eigenvalue weighted by Gasteiger charge is -2.22. The quantitative estimate of drug-likeness (QED) is 0.673. The van der Waals surface area contributed by atoms with Gasteiger partial charge >= 0.3 is 0 Å². The van der Waals surface area contributed by atoms with Crippen molar-refractivity contribution in [2.24, 2.45) is 0 Å². The van der Waals surface area contributed by atoms with Gasteiger partial charge < -0.3 is 4.74 Å². The highest BCUT2D eigenvalue weighted by Crippen LogP contribution is 2.15. The molecule has 0 N–H and O–H groups in total. The Hall–Kier alpha value is -0.830. The maximum atomic E-state index is 5.06. The Balaban J connectivity index is 2.91. The van der Waals surface area contributed by atoms with E-state index in [0.29, 0.717) is 6.61 Å². The van der Waals surface area contributed by atoms with E-state index in [1.807, 2.05) is 10.7 Å². The van der Waals surface area contributed by atoms with E-state index >= 15 is 0 Å². The van der Waals surface area contributed by atoms with Gasteiger partial charge in [-0.15, -0.1) is 0 Å². The van der Waals surface area contributed by atoms with Crippen molar-refractivity contribution in [3.05, 3.63) is 18.0 Å². The molecule has 0 saturated carbocycles. The smallest absolute Gasteiger partial charge is 0.0881 e. The molecular weight excluding hydrogens is 152 g/mol. The fourth-order valence-electron chi connectivity index (χ4n) is 1.19. The number of hydrogen-bond donors (Lipinski definition) is 0. The highest BCUT2D eigenvalue weighted by molar-refractivity contribution is 5.01. The molecule has 0 fully saturated rings. The van der Waals surface area contributed by atoms with Crippen LogP contribution in [0.3, 0.4) is 0 Å². The van der Waals surface area contributed by atoms with E-state index in [0.717, 1.165) is 5.69 Å². The minimum Gasteiger partial charge on any atom is -0.378 e. The maximum Gasteiger partial charge on any atom is 0.0881 e. The van der Waals surface area contributed by atoms with Crippen molar-refractivity contribution in [1.29, 1.82) is 0 Å². The zero-order valence-electron chi connectivity index (χ0n) is 8.16. The Labute approximate surface area is 73.3 Å². The van der Waals surface area contributed by atoms with Gasteiger partial charge in [0.1, 0.15) is 0 Å². The number of hydrogen-bond acceptors (Lipinski definition) is 2. The summed E-state index contributed by atoms with van der Waals surface area (Å²) in [5.41, 5.74) is 1.15. The predicted octanol–water partition coefficient (Wildman–Crippen LogP) is 1.78. The number of ether oxygens (including phenoxy) is 1. The molecule has 0 spiro atoms. The van der Waals surface area contributed by atoms with Gasteiger partial charge in [0, 0.05) is 13.3 Å². The summed E-state index contributed by atoms with van der Waals surface area (Å²) in [7, 11) is 1.69. The molecular formula is C9H16N2O. The Morgan fingerprint density at radius 3 is 2.67 bits per heavy atom. The fourth-order valence-corrected chi connectivity index (χ4v) is 1.19. The molecule has 0 unspecified atom stereocenters. The minimum atomic E-state index is 0.0391. The largest absolute Gasteiger partial charge is 0.378 e. The van der Waals surface area contributed by atoms with Crippen LogP contribution in [0.25, 0.3) is 0 Å². The number of methoxy groups -OCH3 is 1. The minimum absolute atomic E-state index is 0.0391. The van der Waals surface area contributed by atoms with Crippen LogP contribution in [0.4, 0.5) is 0 Å². The van der Waals surface area contributed by atoms with Crippen molar-refractivity contribution in [1.82, 2.24) is 9.78 Å². The van der Waals surface area contributed by atoms with Crippen molar-refractivity contribution in [2.45, 2.75) is 32.9 Å². The molecule has 0 atom stereocenters. The summed E-state index contributed by atoms with van der Waals surface area (Å²) in [4.78, 5) is 0. The molecule has 1 aromatic rings. The summed E-state index contributed by atoms with van der Waals surface area (Å²) in [6.45, 7) is 6.99. The molecule has 3 heteroatoms. The van der Waals surface area contributed by atoms with Gasteiger partial charge in [-0.2, -0.15) is 5.10 Å². The molecule has 0 aliphatic carbocycles. The number of rotatable bonds is 2. The van der Waals surface area contributed by atoms with Gasteiger partial charge in [0.2, 0.25) is 0 Å². The first-order valence-electron chi connectivity index (χ1n) is 4.08. The van der Waals surface area contributed by atoms with E-state index in [1.165, 1.54) is 0 Å². The second-order valence-electron chi connectivity index (χ2n) is 3.84. The standard InChI is InChI=1S/C9H16N2O/c1-9(2,3)11-8(7-12-4)5-6-10-11/h5-6H,7H2,1-4H3. The zero-order valence-corrected chi connectivity index (χ0v) is 8.16. The van der Waals surface area contributed by atoms with E-state index in [-0.39, 0.29) is 5.54 Å². The normalized spacial score (nSPS) is 12.0. The second kappa shape index (κ2) is 3.27. The first-order valence-corrected chi connectivity index (χ1v) is 4.08. The summed E-state index contributed by atoms with van der Waals surface area (Å²) in [6, 6.07) is 1.98. The molecule has 3 nitrogen and oxygen atoms in total. The molecule has 1 rings (SSSR count). The highest BCUT2D eigenvalue weighted by Gasteiger charge is 2.16. The van der Waals surface area contributed by atoms with Crippen LogP contribution in [0.15, 0.2) is 12.3 Å². The Kier molecular flexibility index (Phi) is 2.52. The molecule has 0 aromatic carbocycles. The van der Waals surface area contributed by atoms with Crippen molar-refractivity contribution in [2.75, 3.05) is 7.11 Å². The second-order valence-corrected chi connectivity index (χ2v) is 3.84. The third-order valence-corrected chi connectivity index (χ3v) is 1.65. The monoisotopic (exact) mass is 168 g/mol. The third-order valence-electron chi connectivity index (χ3n) is 1.65. The van der Waals surface area contributed by atoms with Crippen LogP contribution in [0, 0.1) is 0 Å². The summed E-state index contributed by atoms with van der Waals surface area (Å²) >= 11 is 0. The molecule has 0 radical (unpaired) electrons. The van der Waals surface area contributed by atoms with Gasteiger partial charge in [-0.05, 0) is 26.8 Å². The Morgan fingerprint density at radius 1 is 1.50 bits per heavy atom. The molecule has 0 aliphatic rings. The lowest BCUT2D eigenvalue weighted by Crippen LogP contribution is -2.25. The SMILES string of the molecule is COCc1ccnn1C(C)(C)C. The number of nitrogens with zero attached hydrogens (tertiary/aromatic N) is 2. The van der Waals surface area contributed by atoms with E-state index < -0.39 is 0 Å². The molecule has 0 aliphatic heterocycles. The van der Waals surface area contributed by atoms with Crippen LogP contribution in [0.5, 0.6) is 0 Å². The third kappa shape index (κ3) is 1.85. The first kappa shape index (κ1) is 9.26. The average Bonchev–Trinajstić information content (AvgIpc) is 2.34. The molecule has 68 valence electrons. The fraction of sp³-hybridized carbons (Fsp3) is 0.667. The van der Waals surface area contributed by atoms with E-state index in [1.54, 1.807) is 13.3 Å². The van der Waals surface area contributed by atoms with Crippen LogP contribution in [0.2, 0.25) is 0 Å². The highest BCUT2D eigenvalue weighted by atomic mass is 16.5. The van der Waals surface area contributed by atoms with E-state index in [9.17, 15) is 0 Å². The molecule has 0 amide bonds. The van der Waals surface area contributed by atoms with Crippen LogP contribution in [0.1, 0.15) is 26.5 Å². The number of aromatic nitrogens is 2. The van der Waals surface area contributed by atoms with Gasteiger partial charge in [-0.3, -0.25) is 4.68 Å². The van der Waals surface area contributed by atoms with Crippen LogP contribution in [-0.4, -0.2) is 16.9 Å². The van der Waals surface area contributed by atoms with Crippen molar-refractivity contribution >= 4 is 0 Å². The Morgan fingerprint density at radius 2 is 2.17 bits per heavy atom. The van der Waals surface area contributed by atoms with Crippen LogP contribution in [-0.2, 0) is 16.9 Å². The van der Waals surface area contributed by atoms with Crippen molar-refractivity contribution in [3.8, 4) is 0 Å². The molecule has 0 saturated heterocycles. The average molecular weight is 168 g/mol. The summed E-state index contributed by atoms with van der Waals surface area (Å²) in [5.74, 6) is 0. The summed E-state index contributed by atoms with van der Waals surface area (Å²) < 4.78 is 7.04. The summed E-state index contributed by atoms with van der Waals surface area (Å²) in [6.07, 6.45) is 1.81. The topological polar surface area (TPSA) is 27.1 Å². The van der Waals surface area contributed by atoms with Gasteiger partial charge in [0.25, 0.3) is 0 Å². The first-order chi connectivity index (χ1) is 5.55. The van der Waals surface area contributed by atoms with Crippen LogP contribution < -0.4 is 0 Å². The molecule has 1 heterocycles.